The SMILES string of the molecule is CC(C)CC/C=N\C(N)=O. The van der Waals surface area contributed by atoms with Gasteiger partial charge in [-0.05, 0) is 18.8 Å². The Hall–Kier alpha value is -0.860. The van der Waals surface area contributed by atoms with Crippen LogP contribution in [-0.4, -0.2) is 12.2 Å². The van der Waals surface area contributed by atoms with E-state index in [1.165, 1.54) is 0 Å². The zero-order valence-electron chi connectivity index (χ0n) is 6.50. The summed E-state index contributed by atoms with van der Waals surface area (Å²) < 4.78 is 0. The highest BCUT2D eigenvalue weighted by molar-refractivity contribution is 5.81. The van der Waals surface area contributed by atoms with Crippen LogP contribution in [0, 0.1) is 5.92 Å². The van der Waals surface area contributed by atoms with Gasteiger partial charge in [-0.2, -0.15) is 0 Å². The van der Waals surface area contributed by atoms with Crippen LogP contribution in [0.4, 0.5) is 4.79 Å². The molecular formula is C7H14N2O. The van der Waals surface area contributed by atoms with Crippen LogP contribution < -0.4 is 5.73 Å². The van der Waals surface area contributed by atoms with E-state index in [1.807, 2.05) is 0 Å². The van der Waals surface area contributed by atoms with Gasteiger partial charge in [0.2, 0.25) is 0 Å². The van der Waals surface area contributed by atoms with Gasteiger partial charge in [0.25, 0.3) is 0 Å². The second kappa shape index (κ2) is 4.97. The van der Waals surface area contributed by atoms with Crippen molar-refractivity contribution in [2.45, 2.75) is 26.7 Å². The smallest absolute Gasteiger partial charge is 0.337 e. The first-order valence-corrected chi connectivity index (χ1v) is 3.45. The van der Waals surface area contributed by atoms with E-state index in [0.29, 0.717) is 5.92 Å². The molecular weight excluding hydrogens is 128 g/mol. The van der Waals surface area contributed by atoms with E-state index < -0.39 is 6.03 Å². The van der Waals surface area contributed by atoms with Crippen molar-refractivity contribution in [1.29, 1.82) is 0 Å². The normalized spacial score (nSPS) is 11.1. The van der Waals surface area contributed by atoms with Gasteiger partial charge >= 0.3 is 6.03 Å². The lowest BCUT2D eigenvalue weighted by molar-refractivity contribution is 0.257. The van der Waals surface area contributed by atoms with Crippen LogP contribution in [0.5, 0.6) is 0 Å². The van der Waals surface area contributed by atoms with Gasteiger partial charge in [-0.15, -0.1) is 0 Å². The van der Waals surface area contributed by atoms with Gasteiger partial charge in [0.1, 0.15) is 0 Å². The maximum atomic E-state index is 10.1. The Morgan fingerprint density at radius 3 is 2.70 bits per heavy atom. The predicted octanol–water partition coefficient (Wildman–Crippen LogP) is 1.57. The summed E-state index contributed by atoms with van der Waals surface area (Å²) in [7, 11) is 0. The topological polar surface area (TPSA) is 55.4 Å². The largest absolute Gasteiger partial charge is 0.350 e. The maximum Gasteiger partial charge on any atom is 0.337 e. The third-order valence-electron chi connectivity index (χ3n) is 1.09. The predicted molar refractivity (Wildman–Crippen MR) is 42.1 cm³/mol. The molecule has 3 heteroatoms. The number of nitrogens with two attached hydrogens (primary N) is 1. The number of rotatable bonds is 3. The molecule has 0 aromatic carbocycles. The maximum absolute atomic E-state index is 10.1. The van der Waals surface area contributed by atoms with E-state index in [2.05, 4.69) is 18.8 Å². The second-order valence-corrected chi connectivity index (χ2v) is 2.62. The zero-order chi connectivity index (χ0) is 7.98. The third-order valence-corrected chi connectivity index (χ3v) is 1.09. The van der Waals surface area contributed by atoms with E-state index in [9.17, 15) is 4.79 Å². The minimum atomic E-state index is -0.608. The number of hydrogen-bond acceptors (Lipinski definition) is 1. The van der Waals surface area contributed by atoms with Gasteiger partial charge < -0.3 is 5.73 Å². The van der Waals surface area contributed by atoms with Crippen molar-refractivity contribution in [2.75, 3.05) is 0 Å². The summed E-state index contributed by atoms with van der Waals surface area (Å²) in [4.78, 5) is 13.5. The van der Waals surface area contributed by atoms with Crippen molar-refractivity contribution in [3.8, 4) is 0 Å². The second-order valence-electron chi connectivity index (χ2n) is 2.62. The Morgan fingerprint density at radius 1 is 1.70 bits per heavy atom. The zero-order valence-corrected chi connectivity index (χ0v) is 6.50. The van der Waals surface area contributed by atoms with Crippen LogP contribution in [0.3, 0.4) is 0 Å². The van der Waals surface area contributed by atoms with Gasteiger partial charge in [-0.1, -0.05) is 13.8 Å². The molecule has 3 nitrogen and oxygen atoms in total. The first-order chi connectivity index (χ1) is 4.63. The summed E-state index contributed by atoms with van der Waals surface area (Å²) in [5.74, 6) is 0.652. The molecule has 0 aliphatic rings. The van der Waals surface area contributed by atoms with Gasteiger partial charge in [0.15, 0.2) is 0 Å². The summed E-state index contributed by atoms with van der Waals surface area (Å²) in [5, 5.41) is 0. The standard InChI is InChI=1S/C7H14N2O/c1-6(2)4-3-5-9-7(8)10/h5-6H,3-4H2,1-2H3,(H2,8,10)/b9-5-. The Balaban J connectivity index is 3.27. The molecule has 0 unspecified atom stereocenters. The van der Waals surface area contributed by atoms with Crippen LogP contribution in [0.25, 0.3) is 0 Å². The quantitative estimate of drug-likeness (QED) is 0.597. The van der Waals surface area contributed by atoms with Crippen molar-refractivity contribution < 1.29 is 4.79 Å². The van der Waals surface area contributed by atoms with E-state index in [1.54, 1.807) is 6.21 Å². The highest BCUT2D eigenvalue weighted by Gasteiger charge is 1.90. The lowest BCUT2D eigenvalue weighted by Crippen LogP contribution is -2.03. The summed E-state index contributed by atoms with van der Waals surface area (Å²) >= 11 is 0. The Bertz CT molecular complexity index is 130. The summed E-state index contributed by atoms with van der Waals surface area (Å²) in [6.45, 7) is 4.25. The molecule has 2 amide bonds. The molecule has 0 rings (SSSR count). The van der Waals surface area contributed by atoms with Crippen molar-refractivity contribution >= 4 is 12.2 Å². The molecule has 2 N–H and O–H groups in total. The van der Waals surface area contributed by atoms with Crippen molar-refractivity contribution in [3.05, 3.63) is 0 Å². The molecule has 0 aromatic rings. The minimum Gasteiger partial charge on any atom is -0.350 e. The molecule has 0 saturated carbocycles. The number of aliphatic imine (C=N–C) groups is 1. The number of urea groups is 1. The molecule has 58 valence electrons. The number of primary amides is 1. The average Bonchev–Trinajstić information content (AvgIpc) is 1.79. The molecule has 0 aliphatic heterocycles. The lowest BCUT2D eigenvalue weighted by atomic mass is 10.1. The Labute approximate surface area is 61.3 Å². The number of nitrogens with zero attached hydrogens (tertiary/aromatic N) is 1. The highest BCUT2D eigenvalue weighted by atomic mass is 16.2. The molecule has 0 saturated heterocycles. The number of carbonyl (C=O) groups is 1. The Kier molecular flexibility index (Phi) is 4.54. The first-order valence-electron chi connectivity index (χ1n) is 3.45. The summed E-state index contributed by atoms with van der Waals surface area (Å²) in [6, 6.07) is -0.608. The van der Waals surface area contributed by atoms with E-state index in [0.717, 1.165) is 12.8 Å². The van der Waals surface area contributed by atoms with Crippen LogP contribution in [0.15, 0.2) is 4.99 Å². The van der Waals surface area contributed by atoms with Crippen LogP contribution in [0.2, 0.25) is 0 Å². The number of amides is 2. The van der Waals surface area contributed by atoms with Crippen LogP contribution in [-0.2, 0) is 0 Å². The van der Waals surface area contributed by atoms with E-state index in [-0.39, 0.29) is 0 Å². The minimum absolute atomic E-state index is 0.608. The van der Waals surface area contributed by atoms with Crippen molar-refractivity contribution in [1.82, 2.24) is 0 Å². The molecule has 0 aromatic heterocycles. The van der Waals surface area contributed by atoms with Crippen LogP contribution in [0.1, 0.15) is 26.7 Å². The molecule has 0 aliphatic carbocycles. The average molecular weight is 142 g/mol. The Morgan fingerprint density at radius 2 is 2.30 bits per heavy atom. The highest BCUT2D eigenvalue weighted by Crippen LogP contribution is 2.00. The molecule has 0 atom stereocenters. The molecule has 0 bridgehead atoms. The fourth-order valence-corrected chi connectivity index (χ4v) is 0.562. The van der Waals surface area contributed by atoms with Gasteiger partial charge in [-0.3, -0.25) is 0 Å². The molecule has 0 spiro atoms. The summed E-state index contributed by atoms with van der Waals surface area (Å²) in [6.07, 6.45) is 3.46. The monoisotopic (exact) mass is 142 g/mol. The number of carbonyl (C=O) groups excluding carboxylic acids is 1. The van der Waals surface area contributed by atoms with E-state index >= 15 is 0 Å². The van der Waals surface area contributed by atoms with Gasteiger partial charge in [-0.25, -0.2) is 9.79 Å². The molecule has 0 radical (unpaired) electrons. The molecule has 0 heterocycles. The van der Waals surface area contributed by atoms with Crippen LogP contribution >= 0.6 is 0 Å². The summed E-state index contributed by atoms with van der Waals surface area (Å²) in [5.41, 5.74) is 4.77. The molecule has 10 heavy (non-hydrogen) atoms. The fraction of sp³-hybridized carbons (Fsp3) is 0.714. The third kappa shape index (κ3) is 7.14. The van der Waals surface area contributed by atoms with Crippen molar-refractivity contribution in [2.24, 2.45) is 16.6 Å². The first kappa shape index (κ1) is 9.14. The van der Waals surface area contributed by atoms with E-state index in [4.69, 9.17) is 5.73 Å². The van der Waals surface area contributed by atoms with Crippen molar-refractivity contribution in [3.63, 3.8) is 0 Å². The fourth-order valence-electron chi connectivity index (χ4n) is 0.562. The number of hydrogen-bond donors (Lipinski definition) is 1. The van der Waals surface area contributed by atoms with Gasteiger partial charge in [0, 0.05) is 6.21 Å². The molecule has 0 fully saturated rings. The lowest BCUT2D eigenvalue weighted by Gasteiger charge is -1.97. The van der Waals surface area contributed by atoms with Gasteiger partial charge in [0.05, 0.1) is 0 Å².